The van der Waals surface area contributed by atoms with Crippen LogP contribution in [0.2, 0.25) is 5.02 Å². The van der Waals surface area contributed by atoms with Gasteiger partial charge in [0.15, 0.2) is 0 Å². The summed E-state index contributed by atoms with van der Waals surface area (Å²) in [6.45, 7) is 0.893. The van der Waals surface area contributed by atoms with E-state index in [1.54, 1.807) is 0 Å². The van der Waals surface area contributed by atoms with E-state index < -0.39 is 0 Å². The molecule has 0 amide bonds. The Morgan fingerprint density at radius 3 is 2.76 bits per heavy atom. The van der Waals surface area contributed by atoms with Crippen LogP contribution < -0.4 is 5.32 Å². The van der Waals surface area contributed by atoms with Crippen LogP contribution in [0.3, 0.4) is 0 Å². The van der Waals surface area contributed by atoms with Gasteiger partial charge in [-0.15, -0.1) is 0 Å². The van der Waals surface area contributed by atoms with Crippen molar-refractivity contribution in [1.82, 2.24) is 5.32 Å². The van der Waals surface area contributed by atoms with Gasteiger partial charge in [-0.1, -0.05) is 40.4 Å². The normalized spacial score (nSPS) is 26.1. The second-order valence-electron chi connectivity index (χ2n) is 6.46. The van der Waals surface area contributed by atoms with Crippen molar-refractivity contribution in [1.29, 1.82) is 0 Å². The van der Waals surface area contributed by atoms with Gasteiger partial charge in [0, 0.05) is 22.1 Å². The lowest BCUT2D eigenvalue weighted by Crippen LogP contribution is -2.41. The van der Waals surface area contributed by atoms with Crippen LogP contribution in [-0.4, -0.2) is 19.3 Å². The van der Waals surface area contributed by atoms with Gasteiger partial charge in [0.05, 0.1) is 5.60 Å². The van der Waals surface area contributed by atoms with Gasteiger partial charge in [-0.2, -0.15) is 0 Å². The van der Waals surface area contributed by atoms with Crippen LogP contribution >= 0.6 is 27.5 Å². The molecule has 0 aromatic heterocycles. The fourth-order valence-corrected chi connectivity index (χ4v) is 5.03. The van der Waals surface area contributed by atoms with Crippen molar-refractivity contribution in [3.63, 3.8) is 0 Å². The molecular formula is C17H23BrClNO. The smallest absolute Gasteiger partial charge is 0.0686 e. The van der Waals surface area contributed by atoms with Crippen molar-refractivity contribution in [2.24, 2.45) is 5.92 Å². The summed E-state index contributed by atoms with van der Waals surface area (Å²) in [4.78, 5) is 0. The van der Waals surface area contributed by atoms with Gasteiger partial charge >= 0.3 is 0 Å². The molecule has 2 unspecified atom stereocenters. The van der Waals surface area contributed by atoms with Gasteiger partial charge in [-0.05, 0) is 62.4 Å². The third-order valence-electron chi connectivity index (χ3n) is 5.07. The maximum atomic E-state index is 6.23. The zero-order valence-electron chi connectivity index (χ0n) is 12.5. The highest BCUT2D eigenvalue weighted by Gasteiger charge is 2.42. The SMILES string of the molecule is CNC(c1cc(Cl)cc(Br)c1)C1CCOC2(CCCC2)C1. The minimum Gasteiger partial charge on any atom is -0.375 e. The van der Waals surface area contributed by atoms with Gasteiger partial charge in [-0.25, -0.2) is 0 Å². The lowest BCUT2D eigenvalue weighted by Gasteiger charge is -2.41. The standard InChI is InChI=1S/C17H23BrClNO/c1-20-16(13-8-14(18)10-15(19)9-13)12-4-7-21-17(11-12)5-2-3-6-17/h8-10,12,16,20H,2-7,11H2,1H3. The van der Waals surface area contributed by atoms with E-state index in [0.29, 0.717) is 12.0 Å². The highest BCUT2D eigenvalue weighted by Crippen LogP contribution is 2.45. The van der Waals surface area contributed by atoms with Crippen molar-refractivity contribution in [2.75, 3.05) is 13.7 Å². The van der Waals surface area contributed by atoms with Crippen molar-refractivity contribution in [3.05, 3.63) is 33.3 Å². The summed E-state index contributed by atoms with van der Waals surface area (Å²) in [7, 11) is 2.05. The van der Waals surface area contributed by atoms with Crippen molar-refractivity contribution < 1.29 is 4.74 Å². The van der Waals surface area contributed by atoms with Crippen molar-refractivity contribution in [2.45, 2.75) is 50.2 Å². The number of benzene rings is 1. The van der Waals surface area contributed by atoms with Crippen molar-refractivity contribution >= 4 is 27.5 Å². The number of ether oxygens (including phenoxy) is 1. The lowest BCUT2D eigenvalue weighted by atomic mass is 9.78. The molecule has 1 aliphatic carbocycles. The summed E-state index contributed by atoms with van der Waals surface area (Å²) in [6, 6.07) is 6.57. The van der Waals surface area contributed by atoms with E-state index in [1.165, 1.54) is 37.7 Å². The highest BCUT2D eigenvalue weighted by molar-refractivity contribution is 9.10. The summed E-state index contributed by atoms with van der Waals surface area (Å²) >= 11 is 9.79. The molecule has 2 nitrogen and oxygen atoms in total. The maximum absolute atomic E-state index is 6.23. The van der Waals surface area contributed by atoms with Gasteiger partial charge in [0.1, 0.15) is 0 Å². The molecule has 1 aliphatic heterocycles. The number of halogens is 2. The van der Waals surface area contributed by atoms with Gasteiger partial charge in [0.25, 0.3) is 0 Å². The first-order chi connectivity index (χ1) is 10.1. The van der Waals surface area contributed by atoms with Crippen LogP contribution in [-0.2, 0) is 4.74 Å². The monoisotopic (exact) mass is 371 g/mol. The molecule has 3 rings (SSSR count). The summed E-state index contributed by atoms with van der Waals surface area (Å²) in [6.07, 6.45) is 7.40. The molecule has 0 bridgehead atoms. The maximum Gasteiger partial charge on any atom is 0.0686 e. The van der Waals surface area contributed by atoms with Crippen LogP contribution in [0.5, 0.6) is 0 Å². The van der Waals surface area contributed by atoms with Crippen LogP contribution in [0.15, 0.2) is 22.7 Å². The molecular weight excluding hydrogens is 350 g/mol. The predicted molar refractivity (Wildman–Crippen MR) is 90.8 cm³/mol. The lowest BCUT2D eigenvalue weighted by molar-refractivity contribution is -0.0978. The summed E-state index contributed by atoms with van der Waals surface area (Å²) in [5.41, 5.74) is 1.44. The van der Waals surface area contributed by atoms with E-state index in [0.717, 1.165) is 22.5 Å². The first-order valence-corrected chi connectivity index (χ1v) is 9.06. The zero-order chi connectivity index (χ0) is 14.9. The molecule has 21 heavy (non-hydrogen) atoms. The quantitative estimate of drug-likeness (QED) is 0.796. The Morgan fingerprint density at radius 2 is 2.10 bits per heavy atom. The van der Waals surface area contributed by atoms with E-state index in [2.05, 4.69) is 40.4 Å². The molecule has 2 fully saturated rings. The largest absolute Gasteiger partial charge is 0.375 e. The van der Waals surface area contributed by atoms with E-state index in [-0.39, 0.29) is 5.60 Å². The fourth-order valence-electron chi connectivity index (χ4n) is 4.15. The molecule has 1 N–H and O–H groups in total. The first-order valence-electron chi connectivity index (χ1n) is 7.89. The van der Waals surface area contributed by atoms with Gasteiger partial charge in [-0.3, -0.25) is 0 Å². The van der Waals surface area contributed by atoms with E-state index in [4.69, 9.17) is 16.3 Å². The first kappa shape index (κ1) is 15.8. The molecule has 116 valence electrons. The van der Waals surface area contributed by atoms with E-state index in [9.17, 15) is 0 Å². The molecule has 2 atom stereocenters. The topological polar surface area (TPSA) is 21.3 Å². The molecule has 4 heteroatoms. The average molecular weight is 373 g/mol. The second-order valence-corrected chi connectivity index (χ2v) is 7.81. The zero-order valence-corrected chi connectivity index (χ0v) is 14.8. The second kappa shape index (κ2) is 6.57. The summed E-state index contributed by atoms with van der Waals surface area (Å²) in [5.74, 6) is 0.618. The molecule has 1 heterocycles. The van der Waals surface area contributed by atoms with Crippen LogP contribution in [0.25, 0.3) is 0 Å². The Morgan fingerprint density at radius 1 is 1.33 bits per heavy atom. The number of hydrogen-bond donors (Lipinski definition) is 1. The molecule has 1 saturated carbocycles. The molecule has 1 saturated heterocycles. The third kappa shape index (κ3) is 3.47. The van der Waals surface area contributed by atoms with E-state index in [1.807, 2.05) is 6.07 Å². The molecule has 1 spiro atoms. The highest BCUT2D eigenvalue weighted by atomic mass is 79.9. The summed E-state index contributed by atoms with van der Waals surface area (Å²) < 4.78 is 7.22. The Labute approximate surface area is 140 Å². The Balaban J connectivity index is 1.82. The molecule has 0 radical (unpaired) electrons. The molecule has 1 aromatic rings. The predicted octanol–water partition coefficient (Wildman–Crippen LogP) is 5.10. The van der Waals surface area contributed by atoms with Gasteiger partial charge in [0.2, 0.25) is 0 Å². The fraction of sp³-hybridized carbons (Fsp3) is 0.647. The van der Waals surface area contributed by atoms with E-state index >= 15 is 0 Å². The van der Waals surface area contributed by atoms with Crippen molar-refractivity contribution in [3.8, 4) is 0 Å². The third-order valence-corrected chi connectivity index (χ3v) is 5.75. The number of hydrogen-bond acceptors (Lipinski definition) is 2. The van der Waals surface area contributed by atoms with Gasteiger partial charge < -0.3 is 10.1 Å². The Hall–Kier alpha value is -0.0900. The Bertz CT molecular complexity index is 481. The van der Waals surface area contributed by atoms with Crippen LogP contribution in [0.1, 0.15) is 50.1 Å². The molecule has 1 aromatic carbocycles. The van der Waals surface area contributed by atoms with Crippen LogP contribution in [0.4, 0.5) is 0 Å². The number of rotatable bonds is 3. The molecule has 2 aliphatic rings. The number of nitrogens with one attached hydrogen (secondary N) is 1. The van der Waals surface area contributed by atoms with Crippen LogP contribution in [0, 0.1) is 5.92 Å². The Kier molecular flexibility index (Phi) is 4.94. The minimum atomic E-state index is 0.161. The summed E-state index contributed by atoms with van der Waals surface area (Å²) in [5, 5.41) is 4.31. The minimum absolute atomic E-state index is 0.161. The average Bonchev–Trinajstić information content (AvgIpc) is 2.86.